The third kappa shape index (κ3) is 4.95. The first-order chi connectivity index (χ1) is 22.6. The number of benzene rings is 6. The molecule has 8 aromatic rings. The van der Waals surface area contributed by atoms with Gasteiger partial charge in [-0.25, -0.2) is 0 Å². The fourth-order valence-electron chi connectivity index (χ4n) is 6.75. The van der Waals surface area contributed by atoms with Gasteiger partial charge < -0.3 is 0 Å². The van der Waals surface area contributed by atoms with Gasteiger partial charge >= 0.3 is 0 Å². The molecule has 0 atom stereocenters. The van der Waals surface area contributed by atoms with E-state index in [9.17, 15) is 0 Å². The molecule has 0 fully saturated rings. The van der Waals surface area contributed by atoms with Crippen LogP contribution in [0.4, 0.5) is 0 Å². The first kappa shape index (κ1) is 27.7. The van der Waals surface area contributed by atoms with Gasteiger partial charge in [0.2, 0.25) is 0 Å². The number of rotatable bonds is 5. The van der Waals surface area contributed by atoms with Crippen LogP contribution in [0.15, 0.2) is 158 Å². The van der Waals surface area contributed by atoms with Gasteiger partial charge in [-0.1, -0.05) is 115 Å². The van der Waals surface area contributed by atoms with E-state index in [1.165, 1.54) is 77.2 Å². The minimum Gasteiger partial charge on any atom is -0.264 e. The Balaban J connectivity index is 1.23. The van der Waals surface area contributed by atoms with Crippen molar-refractivity contribution in [2.45, 2.75) is 13.8 Å². The average Bonchev–Trinajstić information content (AvgIpc) is 3.11. The molecule has 0 aliphatic rings. The van der Waals surface area contributed by atoms with Crippen molar-refractivity contribution in [2.75, 3.05) is 0 Å². The number of hydrogen-bond acceptors (Lipinski definition) is 2. The van der Waals surface area contributed by atoms with Gasteiger partial charge in [0.1, 0.15) is 0 Å². The zero-order valence-corrected chi connectivity index (χ0v) is 25.9. The highest BCUT2D eigenvalue weighted by molar-refractivity contribution is 6.12. The minimum atomic E-state index is 1.14. The molecule has 0 saturated heterocycles. The monoisotopic (exact) mass is 588 g/mol. The van der Waals surface area contributed by atoms with Crippen molar-refractivity contribution in [3.8, 4) is 55.6 Å². The minimum absolute atomic E-state index is 1.14. The molecule has 0 saturated carbocycles. The SMILES string of the molecule is Cc1cncc(-c2ccc(-c3ccc(-c4ccc(-c5cccc(-c6cnccc6C)c5)c5ccccc45)c4ccccc34)cc2)c1. The van der Waals surface area contributed by atoms with Crippen molar-refractivity contribution < 1.29 is 0 Å². The number of aryl methyl sites for hydroxylation is 2. The highest BCUT2D eigenvalue weighted by Gasteiger charge is 2.15. The zero-order valence-electron chi connectivity index (χ0n) is 25.9. The lowest BCUT2D eigenvalue weighted by molar-refractivity contribution is 1.27. The molecule has 0 radical (unpaired) electrons. The summed E-state index contributed by atoms with van der Waals surface area (Å²) >= 11 is 0. The highest BCUT2D eigenvalue weighted by Crippen LogP contribution is 2.41. The van der Waals surface area contributed by atoms with Crippen LogP contribution < -0.4 is 0 Å². The Bertz CT molecular complexity index is 2380. The van der Waals surface area contributed by atoms with E-state index in [2.05, 4.69) is 157 Å². The Morgan fingerprint density at radius 2 is 0.891 bits per heavy atom. The van der Waals surface area contributed by atoms with E-state index in [1.807, 2.05) is 24.8 Å². The normalized spacial score (nSPS) is 11.3. The Morgan fingerprint density at radius 3 is 1.50 bits per heavy atom. The fourth-order valence-corrected chi connectivity index (χ4v) is 6.75. The summed E-state index contributed by atoms with van der Waals surface area (Å²) < 4.78 is 0. The van der Waals surface area contributed by atoms with Gasteiger partial charge in [-0.2, -0.15) is 0 Å². The summed E-state index contributed by atoms with van der Waals surface area (Å²) in [6, 6.07) is 48.7. The van der Waals surface area contributed by atoms with E-state index in [1.54, 1.807) is 0 Å². The van der Waals surface area contributed by atoms with Crippen molar-refractivity contribution in [3.63, 3.8) is 0 Å². The van der Waals surface area contributed by atoms with E-state index >= 15 is 0 Å². The number of fused-ring (bicyclic) bond motifs is 2. The molecule has 218 valence electrons. The lowest BCUT2D eigenvalue weighted by Gasteiger charge is -2.16. The molecule has 6 aromatic carbocycles. The van der Waals surface area contributed by atoms with Gasteiger partial charge in [0.25, 0.3) is 0 Å². The van der Waals surface area contributed by atoms with Crippen LogP contribution >= 0.6 is 0 Å². The first-order valence-corrected chi connectivity index (χ1v) is 15.7. The summed E-state index contributed by atoms with van der Waals surface area (Å²) in [6.45, 7) is 4.22. The number of pyridine rings is 2. The summed E-state index contributed by atoms with van der Waals surface area (Å²) in [5, 5.41) is 4.99. The van der Waals surface area contributed by atoms with E-state index in [-0.39, 0.29) is 0 Å². The highest BCUT2D eigenvalue weighted by atomic mass is 14.6. The fraction of sp³-hybridized carbons (Fsp3) is 0.0455. The van der Waals surface area contributed by atoms with Crippen LogP contribution in [0.3, 0.4) is 0 Å². The van der Waals surface area contributed by atoms with Crippen LogP contribution in [0, 0.1) is 13.8 Å². The lowest BCUT2D eigenvalue weighted by atomic mass is 9.87. The second kappa shape index (κ2) is 11.6. The van der Waals surface area contributed by atoms with Crippen LogP contribution in [0.5, 0.6) is 0 Å². The molecule has 0 bridgehead atoms. The van der Waals surface area contributed by atoms with Crippen LogP contribution in [0.2, 0.25) is 0 Å². The third-order valence-electron chi connectivity index (χ3n) is 9.07. The third-order valence-corrected chi connectivity index (χ3v) is 9.07. The molecule has 46 heavy (non-hydrogen) atoms. The van der Waals surface area contributed by atoms with Crippen molar-refractivity contribution >= 4 is 21.5 Å². The summed E-state index contributed by atoms with van der Waals surface area (Å²) in [5.41, 5.74) is 14.4. The van der Waals surface area contributed by atoms with E-state index in [4.69, 9.17) is 0 Å². The quantitative estimate of drug-likeness (QED) is 0.200. The molecule has 2 heterocycles. The molecule has 2 heteroatoms. The molecule has 0 aliphatic heterocycles. The molecule has 0 N–H and O–H groups in total. The van der Waals surface area contributed by atoms with Crippen molar-refractivity contribution in [3.05, 3.63) is 169 Å². The number of aromatic nitrogens is 2. The van der Waals surface area contributed by atoms with Crippen LogP contribution in [-0.4, -0.2) is 9.97 Å². The molecule has 2 aromatic heterocycles. The summed E-state index contributed by atoms with van der Waals surface area (Å²) in [5.74, 6) is 0. The smallest absolute Gasteiger partial charge is 0.0349 e. The van der Waals surface area contributed by atoms with Gasteiger partial charge in [-0.3, -0.25) is 9.97 Å². The van der Waals surface area contributed by atoms with Crippen molar-refractivity contribution in [1.29, 1.82) is 0 Å². The zero-order chi connectivity index (χ0) is 31.0. The lowest BCUT2D eigenvalue weighted by Crippen LogP contribution is -1.90. The molecule has 0 unspecified atom stereocenters. The maximum atomic E-state index is 4.39. The second-order valence-electron chi connectivity index (χ2n) is 12.0. The average molecular weight is 589 g/mol. The van der Waals surface area contributed by atoms with Crippen molar-refractivity contribution in [2.24, 2.45) is 0 Å². The predicted molar refractivity (Wildman–Crippen MR) is 194 cm³/mol. The molecular formula is C44H32N2. The molecule has 2 nitrogen and oxygen atoms in total. The van der Waals surface area contributed by atoms with Gasteiger partial charge in [-0.05, 0) is 109 Å². The number of nitrogens with zero attached hydrogens (tertiary/aromatic N) is 2. The summed E-state index contributed by atoms with van der Waals surface area (Å²) in [4.78, 5) is 8.77. The van der Waals surface area contributed by atoms with E-state index < -0.39 is 0 Å². The van der Waals surface area contributed by atoms with Gasteiger partial charge in [0.05, 0.1) is 0 Å². The molecule has 0 aliphatic carbocycles. The predicted octanol–water partition coefficient (Wildman–Crippen LogP) is 11.7. The van der Waals surface area contributed by atoms with Crippen LogP contribution in [-0.2, 0) is 0 Å². The van der Waals surface area contributed by atoms with Crippen molar-refractivity contribution in [1.82, 2.24) is 9.97 Å². The Hall–Kier alpha value is -5.86. The summed E-state index contributed by atoms with van der Waals surface area (Å²) in [6.07, 6.45) is 7.64. The Kier molecular flexibility index (Phi) is 6.96. The van der Waals surface area contributed by atoms with Gasteiger partial charge in [0, 0.05) is 35.9 Å². The van der Waals surface area contributed by atoms with Crippen LogP contribution in [0.1, 0.15) is 11.1 Å². The largest absolute Gasteiger partial charge is 0.264 e. The molecule has 8 rings (SSSR count). The second-order valence-corrected chi connectivity index (χ2v) is 12.0. The van der Waals surface area contributed by atoms with Gasteiger partial charge in [0.15, 0.2) is 0 Å². The first-order valence-electron chi connectivity index (χ1n) is 15.7. The topological polar surface area (TPSA) is 25.8 Å². The summed E-state index contributed by atoms with van der Waals surface area (Å²) in [7, 11) is 0. The molecular weight excluding hydrogens is 556 g/mol. The van der Waals surface area contributed by atoms with E-state index in [0.29, 0.717) is 0 Å². The molecule has 0 amide bonds. The van der Waals surface area contributed by atoms with Crippen LogP contribution in [0.25, 0.3) is 77.2 Å². The molecule has 0 spiro atoms. The van der Waals surface area contributed by atoms with E-state index in [0.717, 1.165) is 11.1 Å². The Labute approximate surface area is 269 Å². The number of hydrogen-bond donors (Lipinski definition) is 0. The maximum Gasteiger partial charge on any atom is 0.0349 e. The Morgan fingerprint density at radius 1 is 0.348 bits per heavy atom. The maximum absolute atomic E-state index is 4.39. The standard InChI is InChI=1S/C44H32N2/c1-29-24-35(27-46-26-29)31-14-16-32(17-15-31)36-18-20-42(40-12-5-3-10-38(36)40)43-21-19-37(39-11-4-6-13-41(39)43)33-8-7-9-34(25-33)44-28-45-23-22-30(44)2/h3-28H,1-2H3. The van der Waals surface area contributed by atoms with Gasteiger partial charge in [-0.15, -0.1) is 0 Å².